The monoisotopic (exact) mass is 257 g/mol. The predicted octanol–water partition coefficient (Wildman–Crippen LogP) is 1.01. The highest BCUT2D eigenvalue weighted by molar-refractivity contribution is 4.92. The zero-order valence-electron chi connectivity index (χ0n) is 11.4. The lowest BCUT2D eigenvalue weighted by atomic mass is 9.94. The van der Waals surface area contributed by atoms with Crippen molar-refractivity contribution >= 4 is 0 Å². The molecule has 4 unspecified atom stereocenters. The maximum Gasteiger partial charge on any atom is 0.0900 e. The van der Waals surface area contributed by atoms with Crippen molar-refractivity contribution in [2.45, 2.75) is 57.3 Å². The highest BCUT2D eigenvalue weighted by Gasteiger charge is 2.38. The summed E-state index contributed by atoms with van der Waals surface area (Å²) in [6.45, 7) is 4.76. The Morgan fingerprint density at radius 3 is 2.78 bits per heavy atom. The molecule has 0 aromatic heterocycles. The Morgan fingerprint density at radius 2 is 2.11 bits per heavy atom. The molecule has 18 heavy (non-hydrogen) atoms. The van der Waals surface area contributed by atoms with Gasteiger partial charge in [-0.3, -0.25) is 4.90 Å². The molecule has 2 rings (SSSR count). The Balaban J connectivity index is 1.83. The van der Waals surface area contributed by atoms with Crippen LogP contribution in [0, 0.1) is 5.92 Å². The zero-order chi connectivity index (χ0) is 13.0. The van der Waals surface area contributed by atoms with Gasteiger partial charge in [-0.05, 0) is 39.2 Å². The minimum absolute atomic E-state index is 0.125. The van der Waals surface area contributed by atoms with Crippen molar-refractivity contribution in [2.24, 2.45) is 5.92 Å². The molecule has 1 saturated carbocycles. The van der Waals surface area contributed by atoms with Gasteiger partial charge in [0.25, 0.3) is 0 Å². The van der Waals surface area contributed by atoms with E-state index in [0.717, 1.165) is 25.8 Å². The maximum absolute atomic E-state index is 10.0. The lowest BCUT2D eigenvalue weighted by Crippen LogP contribution is -2.43. The van der Waals surface area contributed by atoms with Crippen LogP contribution in [0.15, 0.2) is 0 Å². The van der Waals surface area contributed by atoms with Crippen LogP contribution in [-0.2, 0) is 4.74 Å². The highest BCUT2D eigenvalue weighted by atomic mass is 16.5. The van der Waals surface area contributed by atoms with E-state index in [4.69, 9.17) is 4.74 Å². The second kappa shape index (κ2) is 6.85. The number of rotatable bonds is 6. The summed E-state index contributed by atoms with van der Waals surface area (Å²) in [5.41, 5.74) is 0. The van der Waals surface area contributed by atoms with Gasteiger partial charge in [0, 0.05) is 25.1 Å². The fourth-order valence-corrected chi connectivity index (χ4v) is 3.56. The molecule has 0 aromatic carbocycles. The largest absolute Gasteiger partial charge is 0.393 e. The SMILES string of the molecule is CCOCC(O)CN1CCCC1C1CCCC1O. The number of nitrogens with zero attached hydrogens (tertiary/aromatic N) is 1. The Kier molecular flexibility index (Phi) is 5.42. The van der Waals surface area contributed by atoms with Gasteiger partial charge in [-0.15, -0.1) is 0 Å². The second-order valence-corrected chi connectivity index (χ2v) is 5.68. The van der Waals surface area contributed by atoms with Gasteiger partial charge < -0.3 is 14.9 Å². The van der Waals surface area contributed by atoms with Crippen molar-refractivity contribution in [2.75, 3.05) is 26.3 Å². The van der Waals surface area contributed by atoms with Gasteiger partial charge in [0.05, 0.1) is 18.8 Å². The predicted molar refractivity (Wildman–Crippen MR) is 70.4 cm³/mol. The van der Waals surface area contributed by atoms with Crippen LogP contribution >= 0.6 is 0 Å². The van der Waals surface area contributed by atoms with Crippen molar-refractivity contribution in [1.82, 2.24) is 4.90 Å². The Bertz CT molecular complexity index is 249. The number of hydrogen-bond donors (Lipinski definition) is 2. The number of ether oxygens (including phenoxy) is 1. The topological polar surface area (TPSA) is 52.9 Å². The molecule has 2 aliphatic rings. The molecule has 0 bridgehead atoms. The van der Waals surface area contributed by atoms with E-state index in [1.165, 1.54) is 12.8 Å². The van der Waals surface area contributed by atoms with Crippen LogP contribution in [0.3, 0.4) is 0 Å². The first-order chi connectivity index (χ1) is 8.72. The van der Waals surface area contributed by atoms with E-state index in [-0.39, 0.29) is 6.10 Å². The second-order valence-electron chi connectivity index (χ2n) is 5.68. The smallest absolute Gasteiger partial charge is 0.0900 e. The molecule has 2 N–H and O–H groups in total. The first kappa shape index (κ1) is 14.3. The summed E-state index contributed by atoms with van der Waals surface area (Å²) in [6.07, 6.45) is 5.08. The molecule has 106 valence electrons. The van der Waals surface area contributed by atoms with Crippen LogP contribution < -0.4 is 0 Å². The lowest BCUT2D eigenvalue weighted by Gasteiger charge is -2.32. The number of β-amino-alcohol motifs (C(OH)–C–C–N with tert-alkyl or cyclic N) is 1. The molecule has 4 atom stereocenters. The third kappa shape index (κ3) is 3.44. The van der Waals surface area contributed by atoms with Gasteiger partial charge in [-0.1, -0.05) is 6.42 Å². The molecule has 1 heterocycles. The van der Waals surface area contributed by atoms with E-state index in [0.29, 0.717) is 31.7 Å². The Hall–Kier alpha value is -0.160. The van der Waals surface area contributed by atoms with Crippen LogP contribution in [0.4, 0.5) is 0 Å². The molecule has 4 nitrogen and oxygen atoms in total. The van der Waals surface area contributed by atoms with Gasteiger partial charge in [0.1, 0.15) is 0 Å². The van der Waals surface area contributed by atoms with Gasteiger partial charge in [-0.2, -0.15) is 0 Å². The molecule has 0 spiro atoms. The summed E-state index contributed by atoms with van der Waals surface area (Å²) in [7, 11) is 0. The molecular formula is C14H27NO3. The lowest BCUT2D eigenvalue weighted by molar-refractivity contribution is 0.00496. The molecule has 1 aliphatic heterocycles. The van der Waals surface area contributed by atoms with Crippen molar-refractivity contribution in [3.8, 4) is 0 Å². The van der Waals surface area contributed by atoms with E-state index in [9.17, 15) is 10.2 Å². The van der Waals surface area contributed by atoms with E-state index < -0.39 is 6.10 Å². The average Bonchev–Trinajstić information content (AvgIpc) is 2.95. The molecular weight excluding hydrogens is 230 g/mol. The van der Waals surface area contributed by atoms with Crippen molar-refractivity contribution < 1.29 is 14.9 Å². The first-order valence-electron chi connectivity index (χ1n) is 7.40. The quantitative estimate of drug-likeness (QED) is 0.745. The molecule has 0 radical (unpaired) electrons. The summed E-state index contributed by atoms with van der Waals surface area (Å²) >= 11 is 0. The van der Waals surface area contributed by atoms with Gasteiger partial charge >= 0.3 is 0 Å². The minimum atomic E-state index is -0.399. The minimum Gasteiger partial charge on any atom is -0.393 e. The first-order valence-corrected chi connectivity index (χ1v) is 7.40. The number of aliphatic hydroxyl groups is 2. The van der Waals surface area contributed by atoms with E-state index in [1.807, 2.05) is 6.92 Å². The van der Waals surface area contributed by atoms with Gasteiger partial charge in [0.15, 0.2) is 0 Å². The Morgan fingerprint density at radius 1 is 1.28 bits per heavy atom. The molecule has 1 saturated heterocycles. The van der Waals surface area contributed by atoms with E-state index in [1.54, 1.807) is 0 Å². The summed E-state index contributed by atoms with van der Waals surface area (Å²) in [5, 5.41) is 20.0. The van der Waals surface area contributed by atoms with Crippen molar-refractivity contribution in [3.05, 3.63) is 0 Å². The molecule has 4 heteroatoms. The molecule has 1 aliphatic carbocycles. The molecule has 2 fully saturated rings. The number of hydrogen-bond acceptors (Lipinski definition) is 4. The average molecular weight is 257 g/mol. The van der Waals surface area contributed by atoms with Crippen molar-refractivity contribution in [1.29, 1.82) is 0 Å². The van der Waals surface area contributed by atoms with E-state index >= 15 is 0 Å². The summed E-state index contributed by atoms with van der Waals surface area (Å²) in [6, 6.07) is 0.471. The maximum atomic E-state index is 10.0. The fraction of sp³-hybridized carbons (Fsp3) is 1.00. The van der Waals surface area contributed by atoms with Crippen LogP contribution in [0.1, 0.15) is 39.0 Å². The van der Waals surface area contributed by atoms with Gasteiger partial charge in [-0.25, -0.2) is 0 Å². The standard InChI is InChI=1S/C14H27NO3/c1-2-18-10-11(16)9-15-8-4-6-13(15)12-5-3-7-14(12)17/h11-14,16-17H,2-10H2,1H3. The number of aliphatic hydroxyl groups excluding tert-OH is 2. The number of likely N-dealkylation sites (tertiary alicyclic amines) is 1. The normalized spacial score (nSPS) is 35.2. The third-order valence-corrected chi connectivity index (χ3v) is 4.40. The Labute approximate surface area is 110 Å². The summed E-state index contributed by atoms with van der Waals surface area (Å²) < 4.78 is 5.26. The van der Waals surface area contributed by atoms with Crippen LogP contribution in [0.2, 0.25) is 0 Å². The third-order valence-electron chi connectivity index (χ3n) is 4.40. The fourth-order valence-electron chi connectivity index (χ4n) is 3.56. The van der Waals surface area contributed by atoms with Crippen molar-refractivity contribution in [3.63, 3.8) is 0 Å². The zero-order valence-corrected chi connectivity index (χ0v) is 11.4. The van der Waals surface area contributed by atoms with Crippen LogP contribution in [0.25, 0.3) is 0 Å². The molecule has 0 aromatic rings. The van der Waals surface area contributed by atoms with Crippen LogP contribution in [0.5, 0.6) is 0 Å². The highest BCUT2D eigenvalue weighted by Crippen LogP contribution is 2.35. The van der Waals surface area contributed by atoms with E-state index in [2.05, 4.69) is 4.90 Å². The summed E-state index contributed by atoms with van der Waals surface area (Å²) in [4.78, 5) is 2.36. The summed E-state index contributed by atoms with van der Waals surface area (Å²) in [5.74, 6) is 0.423. The molecule has 0 amide bonds. The van der Waals surface area contributed by atoms with Gasteiger partial charge in [0.2, 0.25) is 0 Å². The van der Waals surface area contributed by atoms with Crippen LogP contribution in [-0.4, -0.2) is 59.7 Å².